The molecule has 24 heavy (non-hydrogen) atoms. The summed E-state index contributed by atoms with van der Waals surface area (Å²) in [5, 5.41) is 0.0952. The molecule has 3 nitrogen and oxygen atoms in total. The van der Waals surface area contributed by atoms with Gasteiger partial charge in [0.25, 0.3) is 0 Å². The van der Waals surface area contributed by atoms with Crippen LogP contribution in [0.4, 0.5) is 0 Å². The summed E-state index contributed by atoms with van der Waals surface area (Å²) >= 11 is 1.29. The first-order valence-electron chi connectivity index (χ1n) is 8.28. The molecule has 1 saturated heterocycles. The second kappa shape index (κ2) is 7.07. The van der Waals surface area contributed by atoms with Gasteiger partial charge in [-0.15, -0.1) is 0 Å². The largest absolute Gasteiger partial charge is 0.491 e. The average Bonchev–Trinajstić information content (AvgIpc) is 2.62. The van der Waals surface area contributed by atoms with E-state index in [1.54, 1.807) is 6.92 Å². The third-order valence-corrected chi connectivity index (χ3v) is 5.48. The van der Waals surface area contributed by atoms with Crippen molar-refractivity contribution in [2.45, 2.75) is 59.7 Å². The average molecular weight is 346 g/mol. The molecule has 130 valence electrons. The number of benzene rings is 1. The predicted octanol–water partition coefficient (Wildman–Crippen LogP) is 4.60. The van der Waals surface area contributed by atoms with Crippen LogP contribution in [0.1, 0.15) is 51.3 Å². The first-order chi connectivity index (χ1) is 11.0. The van der Waals surface area contributed by atoms with Gasteiger partial charge in [0.05, 0.1) is 11.2 Å². The van der Waals surface area contributed by atoms with E-state index < -0.39 is 7.12 Å². The van der Waals surface area contributed by atoms with Gasteiger partial charge >= 0.3 is 7.12 Å². The summed E-state index contributed by atoms with van der Waals surface area (Å²) in [6.45, 7) is 13.9. The zero-order valence-electron chi connectivity index (χ0n) is 15.7. The molecule has 1 aliphatic heterocycles. The number of hydrogen-bond donors (Lipinski definition) is 0. The van der Waals surface area contributed by atoms with Crippen molar-refractivity contribution >= 4 is 30.1 Å². The standard InChI is InChI=1S/C19H27BO3S/c1-13-8-14(2)10-16(9-13)11-17(12-24-15(3)21)20-22-18(4,5)19(6,7)23-20/h8-11H,12H2,1-7H3. The zero-order valence-corrected chi connectivity index (χ0v) is 16.5. The Morgan fingerprint density at radius 2 is 1.58 bits per heavy atom. The summed E-state index contributed by atoms with van der Waals surface area (Å²) in [6, 6.07) is 6.42. The van der Waals surface area contributed by atoms with E-state index in [1.807, 2.05) is 27.7 Å². The quantitative estimate of drug-likeness (QED) is 0.747. The van der Waals surface area contributed by atoms with Crippen LogP contribution in [0.5, 0.6) is 0 Å². The maximum atomic E-state index is 11.4. The molecule has 1 heterocycles. The van der Waals surface area contributed by atoms with Crippen LogP contribution in [0.3, 0.4) is 0 Å². The van der Waals surface area contributed by atoms with Gasteiger partial charge in [-0.2, -0.15) is 0 Å². The van der Waals surface area contributed by atoms with Crippen molar-refractivity contribution in [3.05, 3.63) is 40.4 Å². The van der Waals surface area contributed by atoms with E-state index in [1.165, 1.54) is 22.9 Å². The molecule has 0 spiro atoms. The van der Waals surface area contributed by atoms with Crippen LogP contribution in [-0.2, 0) is 14.1 Å². The molecule has 2 rings (SSSR count). The Morgan fingerprint density at radius 3 is 2.04 bits per heavy atom. The van der Waals surface area contributed by atoms with Crippen LogP contribution in [0.15, 0.2) is 23.7 Å². The molecule has 0 amide bonds. The summed E-state index contributed by atoms with van der Waals surface area (Å²) < 4.78 is 12.4. The second-order valence-electron chi connectivity index (χ2n) is 7.51. The van der Waals surface area contributed by atoms with Crippen molar-refractivity contribution in [3.8, 4) is 0 Å². The van der Waals surface area contributed by atoms with Crippen LogP contribution in [0, 0.1) is 13.8 Å². The van der Waals surface area contributed by atoms with Gasteiger partial charge in [-0.3, -0.25) is 4.79 Å². The molecule has 0 saturated carbocycles. The Morgan fingerprint density at radius 1 is 1.08 bits per heavy atom. The molecule has 1 aromatic carbocycles. The summed E-state index contributed by atoms with van der Waals surface area (Å²) in [4.78, 5) is 11.4. The molecule has 0 bridgehead atoms. The molecule has 0 atom stereocenters. The maximum absolute atomic E-state index is 11.4. The third-order valence-electron chi connectivity index (χ3n) is 4.59. The SMILES string of the molecule is CC(=O)SCC(=Cc1cc(C)cc(C)c1)B1OC(C)(C)C(C)(C)O1. The lowest BCUT2D eigenvalue weighted by Crippen LogP contribution is -2.41. The van der Waals surface area contributed by atoms with E-state index in [0.29, 0.717) is 5.75 Å². The molecule has 0 aromatic heterocycles. The minimum Gasteiger partial charge on any atom is -0.400 e. The molecule has 1 fully saturated rings. The molecule has 0 aliphatic carbocycles. The Kier molecular flexibility index (Phi) is 5.68. The van der Waals surface area contributed by atoms with Gasteiger partial charge in [0, 0.05) is 12.7 Å². The van der Waals surface area contributed by atoms with Crippen LogP contribution in [0.2, 0.25) is 0 Å². The lowest BCUT2D eigenvalue weighted by Gasteiger charge is -2.32. The van der Waals surface area contributed by atoms with E-state index in [2.05, 4.69) is 38.1 Å². The third kappa shape index (κ3) is 4.53. The van der Waals surface area contributed by atoms with Crippen LogP contribution < -0.4 is 0 Å². The predicted molar refractivity (Wildman–Crippen MR) is 103 cm³/mol. The summed E-state index contributed by atoms with van der Waals surface area (Å²) in [5.74, 6) is 0.569. The minimum atomic E-state index is -0.428. The maximum Gasteiger partial charge on any atom is 0.491 e. The van der Waals surface area contributed by atoms with E-state index in [-0.39, 0.29) is 16.3 Å². The number of rotatable bonds is 4. The highest BCUT2D eigenvalue weighted by atomic mass is 32.2. The van der Waals surface area contributed by atoms with Gasteiger partial charge in [0.15, 0.2) is 5.12 Å². The van der Waals surface area contributed by atoms with Crippen molar-refractivity contribution in [1.29, 1.82) is 0 Å². The Bertz CT molecular complexity index is 628. The first kappa shape index (κ1) is 19.3. The van der Waals surface area contributed by atoms with Crippen molar-refractivity contribution < 1.29 is 14.1 Å². The fourth-order valence-electron chi connectivity index (χ4n) is 2.66. The molecule has 0 radical (unpaired) electrons. The number of carbonyl (C=O) groups is 1. The molecular weight excluding hydrogens is 319 g/mol. The van der Waals surface area contributed by atoms with Gasteiger partial charge in [-0.05, 0) is 52.6 Å². The van der Waals surface area contributed by atoms with Gasteiger partial charge in [0.1, 0.15) is 0 Å². The molecular formula is C19H27BO3S. The highest BCUT2D eigenvalue weighted by Crippen LogP contribution is 2.39. The van der Waals surface area contributed by atoms with Crippen LogP contribution in [-0.4, -0.2) is 29.2 Å². The van der Waals surface area contributed by atoms with Crippen molar-refractivity contribution in [2.75, 3.05) is 5.75 Å². The fourth-order valence-corrected chi connectivity index (χ4v) is 3.25. The Balaban J connectivity index is 2.35. The van der Waals surface area contributed by atoms with Crippen molar-refractivity contribution in [3.63, 3.8) is 0 Å². The summed E-state index contributed by atoms with van der Waals surface area (Å²) in [5.41, 5.74) is 3.75. The molecule has 1 aliphatic rings. The molecule has 5 heteroatoms. The highest BCUT2D eigenvalue weighted by Gasteiger charge is 2.52. The summed E-state index contributed by atoms with van der Waals surface area (Å²) in [6.07, 6.45) is 2.10. The lowest BCUT2D eigenvalue weighted by molar-refractivity contribution is -0.109. The van der Waals surface area contributed by atoms with Crippen LogP contribution >= 0.6 is 11.8 Å². The minimum absolute atomic E-state index is 0.0952. The number of carbonyl (C=O) groups excluding carboxylic acids is 1. The lowest BCUT2D eigenvalue weighted by atomic mass is 9.78. The van der Waals surface area contributed by atoms with Gasteiger partial charge in [-0.25, -0.2) is 0 Å². The zero-order chi connectivity index (χ0) is 18.1. The first-order valence-corrected chi connectivity index (χ1v) is 9.26. The van der Waals surface area contributed by atoms with Gasteiger partial charge in [0.2, 0.25) is 0 Å². The van der Waals surface area contributed by atoms with E-state index >= 15 is 0 Å². The second-order valence-corrected chi connectivity index (χ2v) is 8.66. The molecule has 0 unspecified atom stereocenters. The van der Waals surface area contributed by atoms with E-state index in [9.17, 15) is 4.79 Å². The van der Waals surface area contributed by atoms with Gasteiger partial charge < -0.3 is 9.31 Å². The number of thioether (sulfide) groups is 1. The number of hydrogen-bond acceptors (Lipinski definition) is 4. The smallest absolute Gasteiger partial charge is 0.400 e. The van der Waals surface area contributed by atoms with E-state index in [0.717, 1.165) is 11.0 Å². The van der Waals surface area contributed by atoms with E-state index in [4.69, 9.17) is 9.31 Å². The number of aryl methyl sites for hydroxylation is 2. The Hall–Kier alpha value is -1.04. The van der Waals surface area contributed by atoms with Crippen molar-refractivity contribution in [1.82, 2.24) is 0 Å². The monoisotopic (exact) mass is 346 g/mol. The molecule has 1 aromatic rings. The highest BCUT2D eigenvalue weighted by molar-refractivity contribution is 8.13. The molecule has 0 N–H and O–H groups in total. The fraction of sp³-hybridized carbons (Fsp3) is 0.526. The van der Waals surface area contributed by atoms with Crippen LogP contribution in [0.25, 0.3) is 6.08 Å². The summed E-state index contributed by atoms with van der Waals surface area (Å²) in [7, 11) is -0.428. The normalized spacial score (nSPS) is 19.6. The topological polar surface area (TPSA) is 35.5 Å². The Labute approximate surface area is 150 Å². The van der Waals surface area contributed by atoms with Gasteiger partial charge in [-0.1, -0.05) is 47.2 Å². The van der Waals surface area contributed by atoms with Crippen molar-refractivity contribution in [2.24, 2.45) is 0 Å².